The van der Waals surface area contributed by atoms with Crippen molar-refractivity contribution < 1.29 is 17.9 Å². The van der Waals surface area contributed by atoms with Crippen LogP contribution in [0.3, 0.4) is 0 Å². The van der Waals surface area contributed by atoms with Crippen LogP contribution in [0.25, 0.3) is 0 Å². The van der Waals surface area contributed by atoms with Crippen LogP contribution in [-0.4, -0.2) is 44.4 Å². The second-order valence-corrected chi connectivity index (χ2v) is 9.84. The molecule has 0 saturated carbocycles. The Bertz CT molecular complexity index is 938. The van der Waals surface area contributed by atoms with E-state index in [1.165, 1.54) is 22.0 Å². The molecule has 2 aromatic rings. The van der Waals surface area contributed by atoms with Gasteiger partial charge < -0.3 is 10.1 Å². The highest BCUT2D eigenvalue weighted by Gasteiger charge is 2.29. The Morgan fingerprint density at radius 2 is 1.73 bits per heavy atom. The van der Waals surface area contributed by atoms with E-state index in [-0.39, 0.29) is 16.8 Å². The van der Waals surface area contributed by atoms with Crippen molar-refractivity contribution in [3.63, 3.8) is 0 Å². The highest BCUT2D eigenvalue weighted by Crippen LogP contribution is 2.22. The van der Waals surface area contributed by atoms with Gasteiger partial charge in [-0.3, -0.25) is 4.79 Å². The van der Waals surface area contributed by atoms with Crippen LogP contribution >= 0.6 is 11.6 Å². The molecule has 1 aliphatic heterocycles. The normalized spacial score (nSPS) is 15.7. The Kier molecular flexibility index (Phi) is 7.75. The molecule has 162 valence electrons. The molecule has 0 spiro atoms. The number of halogens is 1. The molecule has 0 aromatic heterocycles. The first kappa shape index (κ1) is 22.6. The Hall–Kier alpha value is -2.09. The maximum Gasteiger partial charge on any atom is 0.243 e. The third-order valence-corrected chi connectivity index (χ3v) is 7.27. The van der Waals surface area contributed by atoms with Crippen molar-refractivity contribution >= 4 is 27.5 Å². The lowest BCUT2D eigenvalue weighted by molar-refractivity contribution is -0.122. The Balaban J connectivity index is 1.38. The van der Waals surface area contributed by atoms with E-state index < -0.39 is 10.0 Å². The number of nitrogens with one attached hydrogen (secondary N) is 1. The van der Waals surface area contributed by atoms with E-state index in [1.54, 1.807) is 12.1 Å². The maximum atomic E-state index is 12.7. The van der Waals surface area contributed by atoms with Crippen molar-refractivity contribution in [2.24, 2.45) is 0 Å². The van der Waals surface area contributed by atoms with Crippen LogP contribution in [0.4, 0.5) is 0 Å². The zero-order chi connectivity index (χ0) is 21.6. The Morgan fingerprint density at radius 3 is 2.37 bits per heavy atom. The van der Waals surface area contributed by atoms with E-state index in [9.17, 15) is 13.2 Å². The van der Waals surface area contributed by atoms with Gasteiger partial charge in [0.1, 0.15) is 5.75 Å². The fraction of sp³-hybridized carbons (Fsp3) is 0.409. The molecule has 8 heteroatoms. The van der Waals surface area contributed by atoms with Gasteiger partial charge in [0.2, 0.25) is 15.9 Å². The molecule has 6 nitrogen and oxygen atoms in total. The standard InChI is InChI=1S/C22H27ClN2O4S/c1-17-4-8-20(9-5-17)29-16-2-3-22(26)24-19-12-14-25(15-13-19)30(27,28)21-10-6-18(23)7-11-21/h4-11,19H,2-3,12-16H2,1H3,(H,24,26). The van der Waals surface area contributed by atoms with E-state index in [4.69, 9.17) is 16.3 Å². The number of aryl methyl sites for hydroxylation is 1. The summed E-state index contributed by atoms with van der Waals surface area (Å²) in [6.45, 7) is 3.26. The summed E-state index contributed by atoms with van der Waals surface area (Å²) in [5.74, 6) is 0.775. The average Bonchev–Trinajstić information content (AvgIpc) is 2.73. The smallest absolute Gasteiger partial charge is 0.243 e. The van der Waals surface area contributed by atoms with Crippen LogP contribution in [0, 0.1) is 6.92 Å². The van der Waals surface area contributed by atoms with Crippen LogP contribution in [0.1, 0.15) is 31.2 Å². The lowest BCUT2D eigenvalue weighted by Crippen LogP contribution is -2.46. The maximum absolute atomic E-state index is 12.7. The molecule has 1 fully saturated rings. The van der Waals surface area contributed by atoms with Crippen LogP contribution < -0.4 is 10.1 Å². The zero-order valence-electron chi connectivity index (χ0n) is 17.0. The molecule has 0 atom stereocenters. The highest BCUT2D eigenvalue weighted by atomic mass is 35.5. The van der Waals surface area contributed by atoms with Gasteiger partial charge in [-0.05, 0) is 62.6 Å². The van der Waals surface area contributed by atoms with Gasteiger partial charge in [0.25, 0.3) is 0 Å². The topological polar surface area (TPSA) is 75.7 Å². The number of hydrogen-bond donors (Lipinski definition) is 1. The summed E-state index contributed by atoms with van der Waals surface area (Å²) >= 11 is 5.84. The lowest BCUT2D eigenvalue weighted by Gasteiger charge is -2.31. The fourth-order valence-corrected chi connectivity index (χ4v) is 4.95. The van der Waals surface area contributed by atoms with Crippen LogP contribution in [0.15, 0.2) is 53.4 Å². The van der Waals surface area contributed by atoms with Gasteiger partial charge in [0, 0.05) is 30.6 Å². The molecule has 3 rings (SSSR count). The molecule has 0 aliphatic carbocycles. The van der Waals surface area contributed by atoms with Gasteiger partial charge in [-0.15, -0.1) is 0 Å². The zero-order valence-corrected chi connectivity index (χ0v) is 18.6. The Labute approximate surface area is 183 Å². The predicted molar refractivity (Wildman–Crippen MR) is 117 cm³/mol. The fourth-order valence-electron chi connectivity index (χ4n) is 3.35. The van der Waals surface area contributed by atoms with E-state index in [1.807, 2.05) is 31.2 Å². The molecule has 0 bridgehead atoms. The number of ether oxygens (including phenoxy) is 1. The van der Waals surface area contributed by atoms with Crippen LogP contribution in [0.5, 0.6) is 5.75 Å². The first-order chi connectivity index (χ1) is 14.3. The summed E-state index contributed by atoms with van der Waals surface area (Å²) < 4.78 is 32.5. The minimum absolute atomic E-state index is 0.00724. The molecule has 1 heterocycles. The van der Waals surface area contributed by atoms with Crippen molar-refractivity contribution in [3.8, 4) is 5.75 Å². The summed E-state index contributed by atoms with van der Waals surface area (Å²) in [4.78, 5) is 12.4. The van der Waals surface area contributed by atoms with Crippen LogP contribution in [0.2, 0.25) is 5.02 Å². The van der Waals surface area contributed by atoms with Gasteiger partial charge in [-0.1, -0.05) is 29.3 Å². The van der Waals surface area contributed by atoms with Crippen molar-refractivity contribution in [2.45, 2.75) is 43.5 Å². The first-order valence-electron chi connectivity index (χ1n) is 10.1. The van der Waals surface area contributed by atoms with Gasteiger partial charge in [0.05, 0.1) is 11.5 Å². The van der Waals surface area contributed by atoms with Crippen molar-refractivity contribution in [1.29, 1.82) is 0 Å². The molecule has 0 radical (unpaired) electrons. The molecule has 1 N–H and O–H groups in total. The molecule has 30 heavy (non-hydrogen) atoms. The average molecular weight is 451 g/mol. The van der Waals surface area contributed by atoms with Crippen molar-refractivity contribution in [2.75, 3.05) is 19.7 Å². The first-order valence-corrected chi connectivity index (χ1v) is 11.9. The summed E-state index contributed by atoms with van der Waals surface area (Å²) in [5, 5.41) is 3.51. The van der Waals surface area contributed by atoms with Crippen LogP contribution in [-0.2, 0) is 14.8 Å². The lowest BCUT2D eigenvalue weighted by atomic mass is 10.1. The molecular formula is C22H27ClN2O4S. The van der Waals surface area contributed by atoms with Gasteiger partial charge in [-0.25, -0.2) is 8.42 Å². The SMILES string of the molecule is Cc1ccc(OCCCC(=O)NC2CCN(S(=O)(=O)c3ccc(Cl)cc3)CC2)cc1. The van der Waals surface area contributed by atoms with E-state index in [0.717, 1.165) is 5.75 Å². The van der Waals surface area contributed by atoms with E-state index >= 15 is 0 Å². The van der Waals surface area contributed by atoms with Gasteiger partial charge >= 0.3 is 0 Å². The van der Waals surface area contributed by atoms with E-state index in [2.05, 4.69) is 5.32 Å². The second-order valence-electron chi connectivity index (χ2n) is 7.46. The van der Waals surface area contributed by atoms with E-state index in [0.29, 0.717) is 50.4 Å². The molecular weight excluding hydrogens is 424 g/mol. The number of rotatable bonds is 8. The third-order valence-electron chi connectivity index (χ3n) is 5.11. The number of carbonyl (C=O) groups excluding carboxylic acids is 1. The van der Waals surface area contributed by atoms with Crippen molar-refractivity contribution in [1.82, 2.24) is 9.62 Å². The monoisotopic (exact) mass is 450 g/mol. The Morgan fingerprint density at radius 1 is 1.10 bits per heavy atom. The number of benzene rings is 2. The second kappa shape index (κ2) is 10.3. The summed E-state index contributed by atoms with van der Waals surface area (Å²) in [5.41, 5.74) is 1.17. The summed E-state index contributed by atoms with van der Waals surface area (Å²) in [6, 6.07) is 14.0. The molecule has 1 amide bonds. The summed E-state index contributed by atoms with van der Waals surface area (Å²) in [6.07, 6.45) is 2.20. The quantitative estimate of drug-likeness (QED) is 0.621. The molecule has 1 saturated heterocycles. The highest BCUT2D eigenvalue weighted by molar-refractivity contribution is 7.89. The van der Waals surface area contributed by atoms with Gasteiger partial charge in [-0.2, -0.15) is 4.31 Å². The number of piperidine rings is 1. The number of hydrogen-bond acceptors (Lipinski definition) is 4. The predicted octanol–water partition coefficient (Wildman–Crippen LogP) is 3.78. The minimum atomic E-state index is -3.53. The van der Waals surface area contributed by atoms with Crippen molar-refractivity contribution in [3.05, 3.63) is 59.1 Å². The third kappa shape index (κ3) is 6.20. The van der Waals surface area contributed by atoms with Gasteiger partial charge in [0.15, 0.2) is 0 Å². The minimum Gasteiger partial charge on any atom is -0.494 e. The number of sulfonamides is 1. The molecule has 0 unspecified atom stereocenters. The molecule has 1 aliphatic rings. The summed E-state index contributed by atoms with van der Waals surface area (Å²) in [7, 11) is -3.53. The molecule has 2 aromatic carbocycles. The number of carbonyl (C=O) groups is 1. The largest absolute Gasteiger partial charge is 0.494 e. The number of amides is 1. The number of nitrogens with zero attached hydrogens (tertiary/aromatic N) is 1.